The van der Waals surface area contributed by atoms with Crippen molar-refractivity contribution in [1.29, 1.82) is 0 Å². The predicted molar refractivity (Wildman–Crippen MR) is 73.4 cm³/mol. The van der Waals surface area contributed by atoms with Crippen molar-refractivity contribution in [3.63, 3.8) is 0 Å². The first kappa shape index (κ1) is 12.3. The lowest BCUT2D eigenvalue weighted by Gasteiger charge is -2.07. The number of hydrogen-bond donors (Lipinski definition) is 1. The quantitative estimate of drug-likeness (QED) is 0.650. The Morgan fingerprint density at radius 1 is 1.11 bits per heavy atom. The fourth-order valence-corrected chi connectivity index (χ4v) is 2.57. The summed E-state index contributed by atoms with van der Waals surface area (Å²) in [6, 6.07) is 9.11. The van der Waals surface area contributed by atoms with Crippen LogP contribution >= 0.6 is 23.8 Å². The van der Waals surface area contributed by atoms with Crippen LogP contribution in [-0.4, -0.2) is 9.55 Å². The standard InChI is InChI=1S/C13H7ClF2N2S/c14-7-3-1-5-9-12(7)18(13(19)17-9)10-6-2-4-8(15)11(10)16/h1-6H,(H,17,19). The zero-order valence-corrected chi connectivity index (χ0v) is 11.0. The molecule has 3 rings (SSSR count). The van der Waals surface area contributed by atoms with E-state index in [1.165, 1.54) is 16.7 Å². The third kappa shape index (κ3) is 1.86. The predicted octanol–water partition coefficient (Wildman–Crippen LogP) is 4.62. The fraction of sp³-hybridized carbons (Fsp3) is 0. The number of aromatic nitrogens is 2. The summed E-state index contributed by atoms with van der Waals surface area (Å²) in [5.74, 6) is -1.89. The molecule has 96 valence electrons. The van der Waals surface area contributed by atoms with Crippen LogP contribution in [0.5, 0.6) is 0 Å². The molecule has 0 fully saturated rings. The number of para-hydroxylation sites is 1. The van der Waals surface area contributed by atoms with Crippen LogP contribution in [0.2, 0.25) is 5.02 Å². The van der Waals surface area contributed by atoms with E-state index in [-0.39, 0.29) is 10.5 Å². The van der Waals surface area contributed by atoms with E-state index in [2.05, 4.69) is 4.98 Å². The largest absolute Gasteiger partial charge is 0.330 e. The summed E-state index contributed by atoms with van der Waals surface area (Å²) >= 11 is 11.3. The molecule has 1 heterocycles. The molecule has 3 aromatic rings. The minimum absolute atomic E-state index is 0.0318. The van der Waals surface area contributed by atoms with Crippen molar-refractivity contribution in [2.24, 2.45) is 0 Å². The molecular weight excluding hydrogens is 290 g/mol. The van der Waals surface area contributed by atoms with Crippen molar-refractivity contribution in [3.8, 4) is 5.69 Å². The normalized spacial score (nSPS) is 11.1. The molecule has 0 unspecified atom stereocenters. The van der Waals surface area contributed by atoms with Crippen LogP contribution < -0.4 is 0 Å². The van der Waals surface area contributed by atoms with Crippen LogP contribution in [0, 0.1) is 16.4 Å². The number of benzene rings is 2. The summed E-state index contributed by atoms with van der Waals surface area (Å²) in [5, 5.41) is 0.411. The second-order valence-electron chi connectivity index (χ2n) is 3.97. The van der Waals surface area contributed by atoms with Crippen LogP contribution in [0.15, 0.2) is 36.4 Å². The van der Waals surface area contributed by atoms with Crippen molar-refractivity contribution in [1.82, 2.24) is 9.55 Å². The van der Waals surface area contributed by atoms with Gasteiger partial charge in [-0.15, -0.1) is 0 Å². The molecule has 19 heavy (non-hydrogen) atoms. The van der Waals surface area contributed by atoms with Gasteiger partial charge in [0.2, 0.25) is 0 Å². The number of rotatable bonds is 1. The van der Waals surface area contributed by atoms with Crippen molar-refractivity contribution in [2.45, 2.75) is 0 Å². The Bertz CT molecular complexity index is 838. The molecular formula is C13H7ClF2N2S. The van der Waals surface area contributed by atoms with E-state index in [0.29, 0.717) is 16.1 Å². The summed E-state index contributed by atoms with van der Waals surface area (Å²) in [6.45, 7) is 0. The Hall–Kier alpha value is -1.72. The molecule has 1 aromatic heterocycles. The van der Waals surface area contributed by atoms with E-state index in [0.717, 1.165) is 6.07 Å². The van der Waals surface area contributed by atoms with Gasteiger partial charge >= 0.3 is 0 Å². The molecule has 2 aromatic carbocycles. The van der Waals surface area contributed by atoms with Crippen molar-refractivity contribution >= 4 is 34.9 Å². The topological polar surface area (TPSA) is 20.7 Å². The molecule has 0 radical (unpaired) electrons. The Morgan fingerprint density at radius 2 is 1.84 bits per heavy atom. The summed E-state index contributed by atoms with van der Waals surface area (Å²) in [5.41, 5.74) is 1.23. The molecule has 6 heteroatoms. The van der Waals surface area contributed by atoms with Crippen LogP contribution in [0.1, 0.15) is 0 Å². The summed E-state index contributed by atoms with van der Waals surface area (Å²) in [7, 11) is 0. The Labute approximate surface area is 117 Å². The second kappa shape index (κ2) is 4.43. The molecule has 2 nitrogen and oxygen atoms in total. The van der Waals surface area contributed by atoms with Gasteiger partial charge in [-0.25, -0.2) is 8.78 Å². The van der Waals surface area contributed by atoms with Gasteiger partial charge in [-0.1, -0.05) is 23.7 Å². The van der Waals surface area contributed by atoms with Gasteiger partial charge in [-0.05, 0) is 36.5 Å². The number of fused-ring (bicyclic) bond motifs is 1. The van der Waals surface area contributed by atoms with Crippen LogP contribution in [0.3, 0.4) is 0 Å². The van der Waals surface area contributed by atoms with E-state index in [1.807, 2.05) is 0 Å². The fourth-order valence-electron chi connectivity index (χ4n) is 2.01. The maximum atomic E-state index is 13.9. The molecule has 0 saturated carbocycles. The average molecular weight is 297 g/mol. The minimum atomic E-state index is -0.959. The maximum Gasteiger partial charge on any atom is 0.182 e. The summed E-state index contributed by atoms with van der Waals surface area (Å²) < 4.78 is 28.9. The Balaban J connectivity index is 2.46. The molecule has 0 saturated heterocycles. The van der Waals surface area contributed by atoms with E-state index in [4.69, 9.17) is 23.8 Å². The summed E-state index contributed by atoms with van der Waals surface area (Å²) in [6.07, 6.45) is 0. The molecule has 0 aliphatic carbocycles. The van der Waals surface area contributed by atoms with E-state index < -0.39 is 11.6 Å². The van der Waals surface area contributed by atoms with Gasteiger partial charge in [-0.3, -0.25) is 4.57 Å². The number of imidazole rings is 1. The van der Waals surface area contributed by atoms with Gasteiger partial charge in [0.05, 0.1) is 21.7 Å². The highest BCUT2D eigenvalue weighted by Gasteiger charge is 2.15. The lowest BCUT2D eigenvalue weighted by Crippen LogP contribution is -2.00. The lowest BCUT2D eigenvalue weighted by atomic mass is 10.2. The zero-order valence-electron chi connectivity index (χ0n) is 9.45. The number of hydrogen-bond acceptors (Lipinski definition) is 1. The lowest BCUT2D eigenvalue weighted by molar-refractivity contribution is 0.504. The molecule has 0 atom stereocenters. The van der Waals surface area contributed by atoms with Gasteiger partial charge in [0.1, 0.15) is 0 Å². The van der Waals surface area contributed by atoms with Crippen LogP contribution in [-0.2, 0) is 0 Å². The minimum Gasteiger partial charge on any atom is -0.330 e. The van der Waals surface area contributed by atoms with E-state index in [1.54, 1.807) is 18.2 Å². The molecule has 0 amide bonds. The maximum absolute atomic E-state index is 13.9. The third-order valence-electron chi connectivity index (χ3n) is 2.83. The number of aromatic amines is 1. The molecule has 0 aliphatic rings. The number of halogens is 3. The monoisotopic (exact) mass is 296 g/mol. The summed E-state index contributed by atoms with van der Waals surface area (Å²) in [4.78, 5) is 2.92. The number of H-pyrrole nitrogens is 1. The Morgan fingerprint density at radius 3 is 2.63 bits per heavy atom. The highest BCUT2D eigenvalue weighted by molar-refractivity contribution is 7.71. The van der Waals surface area contributed by atoms with E-state index >= 15 is 0 Å². The highest BCUT2D eigenvalue weighted by Crippen LogP contribution is 2.28. The van der Waals surface area contributed by atoms with Crippen LogP contribution in [0.25, 0.3) is 16.7 Å². The van der Waals surface area contributed by atoms with Crippen molar-refractivity contribution < 1.29 is 8.78 Å². The Kier molecular flexibility index (Phi) is 2.88. The number of nitrogens with one attached hydrogen (secondary N) is 1. The van der Waals surface area contributed by atoms with Crippen LogP contribution in [0.4, 0.5) is 8.78 Å². The molecule has 0 aliphatic heterocycles. The number of nitrogens with zero attached hydrogens (tertiary/aromatic N) is 1. The van der Waals surface area contributed by atoms with Gasteiger partial charge in [-0.2, -0.15) is 0 Å². The zero-order chi connectivity index (χ0) is 13.6. The van der Waals surface area contributed by atoms with Gasteiger partial charge < -0.3 is 4.98 Å². The third-order valence-corrected chi connectivity index (χ3v) is 3.42. The van der Waals surface area contributed by atoms with Crippen molar-refractivity contribution in [3.05, 3.63) is 57.8 Å². The molecule has 0 bridgehead atoms. The van der Waals surface area contributed by atoms with Gasteiger partial charge in [0.15, 0.2) is 16.4 Å². The second-order valence-corrected chi connectivity index (χ2v) is 4.77. The first-order chi connectivity index (χ1) is 9.09. The van der Waals surface area contributed by atoms with E-state index in [9.17, 15) is 8.78 Å². The SMILES string of the molecule is Fc1cccc(-n2c(=S)[nH]c3cccc(Cl)c32)c1F. The van der Waals surface area contributed by atoms with Crippen molar-refractivity contribution in [2.75, 3.05) is 0 Å². The van der Waals surface area contributed by atoms with Gasteiger partial charge in [0, 0.05) is 0 Å². The average Bonchev–Trinajstić information content (AvgIpc) is 2.71. The smallest absolute Gasteiger partial charge is 0.182 e. The first-order valence-corrected chi connectivity index (χ1v) is 6.22. The van der Waals surface area contributed by atoms with Gasteiger partial charge in [0.25, 0.3) is 0 Å². The highest BCUT2D eigenvalue weighted by atomic mass is 35.5. The first-order valence-electron chi connectivity index (χ1n) is 5.43. The molecule has 1 N–H and O–H groups in total. The molecule has 0 spiro atoms.